The van der Waals surface area contributed by atoms with Gasteiger partial charge in [-0.05, 0) is 31.0 Å². The predicted molar refractivity (Wildman–Crippen MR) is 105 cm³/mol. The third-order valence-electron chi connectivity index (χ3n) is 4.70. The summed E-state index contributed by atoms with van der Waals surface area (Å²) in [6.45, 7) is 0.535. The van der Waals surface area contributed by atoms with E-state index in [1.165, 1.54) is 32.1 Å². The third-order valence-corrected chi connectivity index (χ3v) is 5.48. The van der Waals surface area contributed by atoms with E-state index in [9.17, 15) is 9.59 Å². The van der Waals surface area contributed by atoms with Crippen molar-refractivity contribution in [3.05, 3.63) is 41.0 Å². The number of thioether (sulfide) groups is 1. The summed E-state index contributed by atoms with van der Waals surface area (Å²) in [5, 5.41) is 7.69. The van der Waals surface area contributed by atoms with Gasteiger partial charge in [-0.2, -0.15) is 0 Å². The van der Waals surface area contributed by atoms with E-state index in [0.29, 0.717) is 23.6 Å². The van der Waals surface area contributed by atoms with Crippen LogP contribution in [0.1, 0.15) is 55.3 Å². The van der Waals surface area contributed by atoms with E-state index in [-0.39, 0.29) is 17.9 Å². The lowest BCUT2D eigenvalue weighted by Crippen LogP contribution is -2.35. The number of rotatable bonds is 4. The van der Waals surface area contributed by atoms with Gasteiger partial charge < -0.3 is 15.4 Å². The number of ether oxygens (including phenoxy) is 1. The minimum absolute atomic E-state index is 0.0737. The van der Waals surface area contributed by atoms with Crippen LogP contribution in [0.3, 0.4) is 0 Å². The second-order valence-electron chi connectivity index (χ2n) is 6.75. The maximum absolute atomic E-state index is 12.6. The lowest BCUT2D eigenvalue weighted by molar-refractivity contribution is -0.116. The summed E-state index contributed by atoms with van der Waals surface area (Å²) in [5.74, 6) is 0.823. The second kappa shape index (κ2) is 9.67. The zero-order chi connectivity index (χ0) is 18.2. The lowest BCUT2D eigenvalue weighted by Gasteiger charge is -2.21. The first-order chi connectivity index (χ1) is 12.7. The first-order valence-corrected chi connectivity index (χ1v) is 10.4. The van der Waals surface area contributed by atoms with Gasteiger partial charge in [-0.15, -0.1) is 11.8 Å². The van der Waals surface area contributed by atoms with Gasteiger partial charge in [-0.25, -0.2) is 0 Å². The van der Waals surface area contributed by atoms with Gasteiger partial charge in [-0.1, -0.05) is 38.2 Å². The Hall–Kier alpha value is -1.95. The van der Waals surface area contributed by atoms with E-state index >= 15 is 0 Å². The Labute approximate surface area is 158 Å². The van der Waals surface area contributed by atoms with Crippen LogP contribution in [0.4, 0.5) is 5.69 Å². The summed E-state index contributed by atoms with van der Waals surface area (Å²) >= 11 is 1.56. The topological polar surface area (TPSA) is 67.4 Å². The number of hydrogen-bond donors (Lipinski definition) is 2. The van der Waals surface area contributed by atoms with Gasteiger partial charge in [-0.3, -0.25) is 9.59 Å². The normalized spacial score (nSPS) is 18.7. The minimum Gasteiger partial charge on any atom is -0.487 e. The van der Waals surface area contributed by atoms with Crippen LogP contribution in [0, 0.1) is 0 Å². The van der Waals surface area contributed by atoms with Crippen molar-refractivity contribution in [2.45, 2.75) is 51.0 Å². The van der Waals surface area contributed by atoms with Crippen LogP contribution >= 0.6 is 11.8 Å². The van der Waals surface area contributed by atoms with Crippen LogP contribution in [0.15, 0.2) is 35.4 Å². The monoisotopic (exact) mass is 374 g/mol. The number of anilines is 1. The van der Waals surface area contributed by atoms with Crippen LogP contribution in [0.5, 0.6) is 0 Å². The van der Waals surface area contributed by atoms with E-state index in [2.05, 4.69) is 10.6 Å². The molecular formula is C20H26N2O3S. The molecule has 0 atom stereocenters. The molecule has 0 bridgehead atoms. The number of carbonyl (C=O) groups excluding carboxylic acids is 2. The van der Waals surface area contributed by atoms with Crippen molar-refractivity contribution < 1.29 is 14.3 Å². The number of carbonyl (C=O) groups is 2. The summed E-state index contributed by atoms with van der Waals surface area (Å²) in [6, 6.07) is 7.31. The van der Waals surface area contributed by atoms with Crippen molar-refractivity contribution in [2.24, 2.45) is 0 Å². The Balaban J connectivity index is 1.59. The molecule has 5 nitrogen and oxygen atoms in total. The molecule has 0 unspecified atom stereocenters. The van der Waals surface area contributed by atoms with Crippen molar-refractivity contribution in [1.29, 1.82) is 0 Å². The fourth-order valence-corrected chi connectivity index (χ4v) is 3.91. The van der Waals surface area contributed by atoms with Crippen LogP contribution in [-0.2, 0) is 9.53 Å². The molecule has 0 aromatic heterocycles. The molecule has 2 aliphatic rings. The zero-order valence-electron chi connectivity index (χ0n) is 15.0. The molecule has 1 aromatic carbocycles. The van der Waals surface area contributed by atoms with Crippen LogP contribution in [0.2, 0.25) is 0 Å². The van der Waals surface area contributed by atoms with Gasteiger partial charge in [0.25, 0.3) is 11.8 Å². The summed E-state index contributed by atoms with van der Waals surface area (Å²) in [7, 11) is 0. The molecule has 1 aliphatic carbocycles. The Morgan fingerprint density at radius 1 is 1.04 bits per heavy atom. The Morgan fingerprint density at radius 3 is 2.54 bits per heavy atom. The Morgan fingerprint density at radius 2 is 1.81 bits per heavy atom. The van der Waals surface area contributed by atoms with Gasteiger partial charge in [0.05, 0.1) is 6.61 Å². The van der Waals surface area contributed by atoms with Crippen molar-refractivity contribution in [2.75, 3.05) is 17.7 Å². The third kappa shape index (κ3) is 5.53. The predicted octanol–water partition coefficient (Wildman–Crippen LogP) is 4.07. The molecule has 26 heavy (non-hydrogen) atoms. The molecule has 0 saturated heterocycles. The molecule has 1 saturated carbocycles. The molecule has 1 aliphatic heterocycles. The molecular weight excluding hydrogens is 348 g/mol. The maximum Gasteiger partial charge on any atom is 0.291 e. The first-order valence-electron chi connectivity index (χ1n) is 9.39. The maximum atomic E-state index is 12.6. The van der Waals surface area contributed by atoms with Crippen molar-refractivity contribution in [3.8, 4) is 0 Å². The van der Waals surface area contributed by atoms with Gasteiger partial charge in [0.2, 0.25) is 0 Å². The number of amides is 2. The van der Waals surface area contributed by atoms with E-state index in [1.807, 2.05) is 0 Å². The van der Waals surface area contributed by atoms with Crippen molar-refractivity contribution in [3.63, 3.8) is 0 Å². The molecule has 0 spiro atoms. The van der Waals surface area contributed by atoms with E-state index in [4.69, 9.17) is 4.74 Å². The Bertz CT molecular complexity index is 667. The molecule has 2 amide bonds. The number of hydrogen-bond acceptors (Lipinski definition) is 4. The summed E-state index contributed by atoms with van der Waals surface area (Å²) < 4.78 is 5.36. The smallest absolute Gasteiger partial charge is 0.291 e. The van der Waals surface area contributed by atoms with Crippen LogP contribution in [-0.4, -0.2) is 30.2 Å². The quantitative estimate of drug-likeness (QED) is 0.834. The minimum atomic E-state index is -0.283. The Kier molecular flexibility index (Phi) is 7.00. The van der Waals surface area contributed by atoms with Crippen molar-refractivity contribution in [1.82, 2.24) is 5.32 Å². The lowest BCUT2D eigenvalue weighted by atomic mass is 9.96. The highest BCUT2D eigenvalue weighted by Crippen LogP contribution is 2.19. The SMILES string of the molecule is O=C(Nc1cccc(C(=O)NC2CCCCCCC2)c1)C1=CSCCO1. The summed E-state index contributed by atoms with van der Waals surface area (Å²) in [5.41, 5.74) is 1.16. The fraction of sp³-hybridized carbons (Fsp3) is 0.500. The molecule has 1 aromatic rings. The van der Waals surface area contributed by atoms with Gasteiger partial charge in [0.1, 0.15) is 0 Å². The second-order valence-corrected chi connectivity index (χ2v) is 7.73. The molecule has 0 radical (unpaired) electrons. The largest absolute Gasteiger partial charge is 0.487 e. The van der Waals surface area contributed by atoms with Gasteiger partial charge in [0.15, 0.2) is 5.76 Å². The van der Waals surface area contributed by atoms with Gasteiger partial charge in [0, 0.05) is 28.5 Å². The van der Waals surface area contributed by atoms with Crippen LogP contribution < -0.4 is 10.6 Å². The standard InChI is InChI=1S/C20H26N2O3S/c23-19(21-16-8-4-2-1-3-5-9-16)15-7-6-10-17(13-15)22-20(24)18-14-26-12-11-25-18/h6-7,10,13-14,16H,1-5,8-9,11-12H2,(H,21,23)(H,22,24). The fourth-order valence-electron chi connectivity index (χ4n) is 3.29. The highest BCUT2D eigenvalue weighted by molar-refractivity contribution is 8.02. The molecule has 1 heterocycles. The van der Waals surface area contributed by atoms with Crippen LogP contribution in [0.25, 0.3) is 0 Å². The van der Waals surface area contributed by atoms with E-state index in [1.54, 1.807) is 41.4 Å². The molecule has 6 heteroatoms. The summed E-state index contributed by atoms with van der Waals surface area (Å²) in [6.07, 6.45) is 8.26. The molecule has 3 rings (SSSR count). The molecule has 1 fully saturated rings. The highest BCUT2D eigenvalue weighted by Gasteiger charge is 2.17. The molecule has 2 N–H and O–H groups in total. The average molecular weight is 375 g/mol. The average Bonchev–Trinajstić information content (AvgIpc) is 2.64. The van der Waals surface area contributed by atoms with E-state index < -0.39 is 0 Å². The number of nitrogens with one attached hydrogen (secondary N) is 2. The number of benzene rings is 1. The molecule has 140 valence electrons. The van der Waals surface area contributed by atoms with E-state index in [0.717, 1.165) is 18.6 Å². The summed E-state index contributed by atoms with van der Waals surface area (Å²) in [4.78, 5) is 24.8. The first kappa shape index (κ1) is 18.8. The highest BCUT2D eigenvalue weighted by atomic mass is 32.2. The van der Waals surface area contributed by atoms with Gasteiger partial charge >= 0.3 is 0 Å². The van der Waals surface area contributed by atoms with Crippen molar-refractivity contribution >= 4 is 29.3 Å². The zero-order valence-corrected chi connectivity index (χ0v) is 15.8.